The first-order valence-electron chi connectivity index (χ1n) is 13.0. The van der Waals surface area contributed by atoms with E-state index in [0.29, 0.717) is 0 Å². The number of rotatable bonds is 9. The van der Waals surface area contributed by atoms with Gasteiger partial charge in [0, 0.05) is 38.4 Å². The Hall–Kier alpha value is -3.46. The van der Waals surface area contributed by atoms with Crippen LogP contribution in [0.3, 0.4) is 0 Å². The largest absolute Gasteiger partial charge is 0.488 e. The zero-order valence-corrected chi connectivity index (χ0v) is 25.2. The lowest BCUT2D eigenvalue weighted by Crippen LogP contribution is -2.50. The number of benzene rings is 2. The van der Waals surface area contributed by atoms with Crippen molar-refractivity contribution in [2.75, 3.05) is 31.5 Å². The van der Waals surface area contributed by atoms with Crippen LogP contribution in [0.2, 0.25) is 0 Å². The molecule has 2 N–H and O–H groups in total. The average molecular weight is 606 g/mol. The molecule has 0 unspecified atom stereocenters. The van der Waals surface area contributed by atoms with Crippen molar-refractivity contribution in [1.29, 1.82) is 0 Å². The fraction of sp³-hybridized carbons (Fsp3) is 0.407. The number of anilines is 1. The molecular formula is C27H35N5O7S2. The molecule has 0 fully saturated rings. The molecule has 0 saturated carbocycles. The number of aliphatic hydroxyl groups is 1. The molecule has 1 aliphatic heterocycles. The zero-order valence-electron chi connectivity index (χ0n) is 23.6. The van der Waals surface area contributed by atoms with Crippen molar-refractivity contribution in [3.05, 3.63) is 66.1 Å². The van der Waals surface area contributed by atoms with E-state index in [1.807, 2.05) is 13.8 Å². The van der Waals surface area contributed by atoms with Crippen molar-refractivity contribution in [3.8, 4) is 5.75 Å². The third-order valence-corrected chi connectivity index (χ3v) is 10.1. The summed E-state index contributed by atoms with van der Waals surface area (Å²) in [5, 5.41) is 9.79. The van der Waals surface area contributed by atoms with Gasteiger partial charge < -0.3 is 19.3 Å². The summed E-state index contributed by atoms with van der Waals surface area (Å²) in [5.41, 5.74) is 1.15. The highest BCUT2D eigenvalue weighted by Crippen LogP contribution is 2.32. The van der Waals surface area contributed by atoms with Crippen molar-refractivity contribution in [1.82, 2.24) is 18.8 Å². The minimum atomic E-state index is -3.94. The Morgan fingerprint density at radius 2 is 1.85 bits per heavy atom. The third-order valence-electron chi connectivity index (χ3n) is 7.04. The highest BCUT2D eigenvalue weighted by Gasteiger charge is 2.36. The van der Waals surface area contributed by atoms with Crippen LogP contribution in [0.5, 0.6) is 5.75 Å². The molecule has 1 amide bonds. The molecule has 0 spiro atoms. The second-order valence-electron chi connectivity index (χ2n) is 10.4. The van der Waals surface area contributed by atoms with Crippen LogP contribution in [-0.2, 0) is 27.1 Å². The smallest absolute Gasteiger partial charge is 0.261 e. The number of ether oxygens (including phenoxy) is 1. The van der Waals surface area contributed by atoms with E-state index in [1.54, 1.807) is 26.1 Å². The fourth-order valence-corrected chi connectivity index (χ4v) is 6.66. The van der Waals surface area contributed by atoms with Gasteiger partial charge in [0.1, 0.15) is 11.9 Å². The molecule has 14 heteroatoms. The number of carbonyl (C=O) groups is 1. The summed E-state index contributed by atoms with van der Waals surface area (Å²) in [7, 11) is -4.75. The number of aryl methyl sites for hydroxylation is 2. The summed E-state index contributed by atoms with van der Waals surface area (Å²) < 4.78 is 63.7. The lowest BCUT2D eigenvalue weighted by molar-refractivity contribution is 0.0387. The summed E-state index contributed by atoms with van der Waals surface area (Å²) in [4.78, 5) is 19.2. The number of aromatic nitrogens is 2. The molecular weight excluding hydrogens is 570 g/mol. The predicted octanol–water partition coefficient (Wildman–Crippen LogP) is 2.07. The van der Waals surface area contributed by atoms with E-state index < -0.39 is 38.1 Å². The van der Waals surface area contributed by atoms with Crippen LogP contribution in [0.4, 0.5) is 5.69 Å². The number of sulfonamides is 2. The minimum Gasteiger partial charge on any atom is -0.488 e. The SMILES string of the molecule is Cc1ccc(S(=O)(=O)Nc2ccc3c(c2)C(=O)N([C@H](C)CO)C[C@H](C)[C@H](CN(C)S(=O)(=O)c2cn(C)cn2)O3)cc1. The van der Waals surface area contributed by atoms with Crippen molar-refractivity contribution in [2.45, 2.75) is 42.8 Å². The van der Waals surface area contributed by atoms with Crippen LogP contribution in [0.15, 0.2) is 64.9 Å². The second-order valence-corrected chi connectivity index (χ2v) is 14.1. The normalized spacial score (nSPS) is 18.8. The Balaban J connectivity index is 1.68. The molecule has 3 aromatic rings. The number of amides is 1. The number of fused-ring (bicyclic) bond motifs is 1. The first-order valence-corrected chi connectivity index (χ1v) is 15.9. The number of hydrogen-bond acceptors (Lipinski definition) is 8. The molecule has 4 rings (SSSR count). The van der Waals surface area contributed by atoms with Gasteiger partial charge in [-0.05, 0) is 44.2 Å². The van der Waals surface area contributed by atoms with Crippen LogP contribution in [-0.4, -0.2) is 85.5 Å². The fourth-order valence-electron chi connectivity index (χ4n) is 4.47. The van der Waals surface area contributed by atoms with Gasteiger partial charge in [-0.3, -0.25) is 9.52 Å². The summed E-state index contributed by atoms with van der Waals surface area (Å²) in [5.74, 6) is -0.608. The summed E-state index contributed by atoms with van der Waals surface area (Å²) in [6, 6.07) is 10.2. The zero-order chi connectivity index (χ0) is 30.1. The molecule has 222 valence electrons. The molecule has 1 aromatic heterocycles. The number of hydrogen-bond donors (Lipinski definition) is 2. The van der Waals surface area contributed by atoms with Gasteiger partial charge in [-0.25, -0.2) is 21.8 Å². The molecule has 41 heavy (non-hydrogen) atoms. The van der Waals surface area contributed by atoms with Crippen LogP contribution in [0.25, 0.3) is 0 Å². The topological polar surface area (TPSA) is 151 Å². The molecule has 0 bridgehead atoms. The third kappa shape index (κ3) is 6.56. The summed E-state index contributed by atoms with van der Waals surface area (Å²) >= 11 is 0. The Morgan fingerprint density at radius 1 is 1.17 bits per heavy atom. The van der Waals surface area contributed by atoms with Crippen molar-refractivity contribution in [2.24, 2.45) is 13.0 Å². The first-order chi connectivity index (χ1) is 19.2. The van der Waals surface area contributed by atoms with E-state index in [1.165, 1.54) is 59.4 Å². The van der Waals surface area contributed by atoms with Crippen molar-refractivity contribution >= 4 is 31.6 Å². The van der Waals surface area contributed by atoms with Gasteiger partial charge in [-0.2, -0.15) is 4.31 Å². The quantitative estimate of drug-likeness (QED) is 0.376. The monoisotopic (exact) mass is 605 g/mol. The minimum absolute atomic E-state index is 0.0448. The summed E-state index contributed by atoms with van der Waals surface area (Å²) in [6.45, 7) is 5.21. The molecule has 2 aromatic carbocycles. The van der Waals surface area contributed by atoms with E-state index >= 15 is 0 Å². The molecule has 0 aliphatic carbocycles. The van der Waals surface area contributed by atoms with E-state index in [9.17, 15) is 26.7 Å². The number of likely N-dealkylation sites (N-methyl/N-ethyl adjacent to an activating group) is 1. The van der Waals surface area contributed by atoms with Crippen molar-refractivity contribution < 1.29 is 31.5 Å². The van der Waals surface area contributed by atoms with Gasteiger partial charge in [-0.1, -0.05) is 24.6 Å². The van der Waals surface area contributed by atoms with Gasteiger partial charge in [0.15, 0.2) is 5.03 Å². The maximum absolute atomic E-state index is 13.7. The number of nitrogens with one attached hydrogen (secondary N) is 1. The molecule has 12 nitrogen and oxygen atoms in total. The van der Waals surface area contributed by atoms with Crippen LogP contribution < -0.4 is 9.46 Å². The number of aliphatic hydroxyl groups excluding tert-OH is 1. The standard InChI is InChI=1S/C27H35N5O7S2/c1-18-6-9-22(10-7-18)40(35,36)29-21-8-11-24-23(12-21)27(34)32(20(3)16-33)13-19(2)25(39-24)14-31(5)41(37,38)26-15-30(4)17-28-26/h6-12,15,17,19-20,25,29,33H,13-14,16H2,1-5H3/t19-,20+,25-/m0/s1. The van der Waals surface area contributed by atoms with Crippen molar-refractivity contribution in [3.63, 3.8) is 0 Å². The van der Waals surface area contributed by atoms with Crippen LogP contribution in [0.1, 0.15) is 29.8 Å². The molecule has 0 radical (unpaired) electrons. The lowest BCUT2D eigenvalue weighted by Gasteiger charge is -2.38. The lowest BCUT2D eigenvalue weighted by atomic mass is 9.99. The van der Waals surface area contributed by atoms with Gasteiger partial charge in [-0.15, -0.1) is 0 Å². The van der Waals surface area contributed by atoms with Crippen LogP contribution in [0, 0.1) is 12.8 Å². The van der Waals surface area contributed by atoms with Gasteiger partial charge in [0.05, 0.1) is 36.0 Å². The van der Waals surface area contributed by atoms with E-state index in [0.717, 1.165) is 9.87 Å². The Kier molecular flexibility index (Phi) is 8.78. The van der Waals surface area contributed by atoms with Gasteiger partial charge >= 0.3 is 0 Å². The Morgan fingerprint density at radius 3 is 2.46 bits per heavy atom. The molecule has 0 saturated heterocycles. The number of nitrogens with zero attached hydrogens (tertiary/aromatic N) is 4. The molecule has 1 aliphatic rings. The maximum atomic E-state index is 13.7. The van der Waals surface area contributed by atoms with E-state index in [4.69, 9.17) is 4.74 Å². The molecule has 2 heterocycles. The van der Waals surface area contributed by atoms with Gasteiger partial charge in [0.2, 0.25) is 0 Å². The number of carbonyl (C=O) groups excluding carboxylic acids is 1. The summed E-state index contributed by atoms with van der Waals surface area (Å²) in [6.07, 6.45) is 2.12. The maximum Gasteiger partial charge on any atom is 0.261 e. The first kappa shape index (κ1) is 30.5. The van der Waals surface area contributed by atoms with Gasteiger partial charge in [0.25, 0.3) is 26.0 Å². The van der Waals surface area contributed by atoms with E-state index in [-0.39, 0.29) is 52.5 Å². The number of imidazole rings is 1. The average Bonchev–Trinajstić information content (AvgIpc) is 3.37. The van der Waals surface area contributed by atoms with Crippen LogP contribution >= 0.6 is 0 Å². The predicted molar refractivity (Wildman–Crippen MR) is 153 cm³/mol. The Labute approximate surface area is 240 Å². The second kappa shape index (κ2) is 11.8. The Bertz CT molecular complexity index is 1620. The highest BCUT2D eigenvalue weighted by molar-refractivity contribution is 7.92. The van der Waals surface area contributed by atoms with E-state index in [2.05, 4.69) is 9.71 Å². The highest BCUT2D eigenvalue weighted by atomic mass is 32.2. The molecule has 3 atom stereocenters.